The van der Waals surface area contributed by atoms with Crippen molar-refractivity contribution >= 4 is 34.2 Å². The molecule has 1 saturated carbocycles. The molecule has 24 heavy (non-hydrogen) atoms. The van der Waals surface area contributed by atoms with Crippen molar-refractivity contribution in [2.75, 3.05) is 0 Å². The highest BCUT2D eigenvalue weighted by Gasteiger charge is 2.64. The second kappa shape index (κ2) is 4.61. The summed E-state index contributed by atoms with van der Waals surface area (Å²) in [6.07, 6.45) is -3.00. The quantitative estimate of drug-likeness (QED) is 0.684. The lowest BCUT2D eigenvalue weighted by Gasteiger charge is -2.39. The Hall–Kier alpha value is -1.40. The third-order valence-corrected chi connectivity index (χ3v) is 8.26. The minimum absolute atomic E-state index is 0.281. The zero-order chi connectivity index (χ0) is 16.9. The molecule has 2 aromatic rings. The van der Waals surface area contributed by atoms with Crippen molar-refractivity contribution in [2.24, 2.45) is 11.8 Å². The number of ketones is 2. The van der Waals surface area contributed by atoms with Crippen LogP contribution in [0, 0.1) is 25.7 Å². The Bertz CT molecular complexity index is 838. The van der Waals surface area contributed by atoms with E-state index < -0.39 is 36.0 Å². The first kappa shape index (κ1) is 14.9. The summed E-state index contributed by atoms with van der Waals surface area (Å²) in [4.78, 5) is 26.8. The average molecular weight is 364 g/mol. The summed E-state index contributed by atoms with van der Waals surface area (Å²) < 4.78 is 30.8. The number of halogens is 2. The van der Waals surface area contributed by atoms with E-state index in [1.54, 1.807) is 13.8 Å². The van der Waals surface area contributed by atoms with Crippen LogP contribution < -0.4 is 0 Å². The zero-order valence-corrected chi connectivity index (χ0v) is 14.6. The van der Waals surface area contributed by atoms with Gasteiger partial charge in [0.15, 0.2) is 11.6 Å². The Kier molecular flexibility index (Phi) is 2.86. The zero-order valence-electron chi connectivity index (χ0n) is 13.0. The largest absolute Gasteiger partial charge is 0.294 e. The molecule has 2 aromatic heterocycles. The molecule has 3 aliphatic rings. The molecule has 0 bridgehead atoms. The molecule has 0 spiro atoms. The Morgan fingerprint density at radius 2 is 1.12 bits per heavy atom. The molecule has 5 rings (SSSR count). The minimum atomic E-state index is -1.50. The van der Waals surface area contributed by atoms with Gasteiger partial charge in [-0.15, -0.1) is 22.7 Å². The van der Waals surface area contributed by atoms with Gasteiger partial charge in [-0.2, -0.15) is 0 Å². The van der Waals surface area contributed by atoms with Gasteiger partial charge in [0.25, 0.3) is 0 Å². The van der Waals surface area contributed by atoms with Crippen LogP contribution in [0.2, 0.25) is 0 Å². The van der Waals surface area contributed by atoms with Gasteiger partial charge in [-0.1, -0.05) is 0 Å². The molecule has 2 nitrogen and oxygen atoms in total. The molecule has 6 unspecified atom stereocenters. The van der Waals surface area contributed by atoms with Crippen LogP contribution in [0.4, 0.5) is 8.78 Å². The van der Waals surface area contributed by atoms with E-state index in [4.69, 9.17) is 0 Å². The van der Waals surface area contributed by atoms with E-state index in [1.807, 2.05) is 10.8 Å². The van der Waals surface area contributed by atoms with Gasteiger partial charge < -0.3 is 0 Å². The van der Waals surface area contributed by atoms with Gasteiger partial charge in [0.05, 0.1) is 11.8 Å². The molecule has 0 aromatic carbocycles. The van der Waals surface area contributed by atoms with E-state index >= 15 is 8.78 Å². The molecule has 1 fully saturated rings. The maximum Gasteiger partial charge on any atom is 0.171 e. The Balaban J connectivity index is 1.69. The predicted molar refractivity (Wildman–Crippen MR) is 89.0 cm³/mol. The number of rotatable bonds is 0. The van der Waals surface area contributed by atoms with E-state index in [2.05, 4.69) is 0 Å². The van der Waals surface area contributed by atoms with Crippen LogP contribution in [0.5, 0.6) is 0 Å². The van der Waals surface area contributed by atoms with Crippen molar-refractivity contribution in [3.8, 4) is 0 Å². The third-order valence-electron chi connectivity index (χ3n) is 5.86. The summed E-state index contributed by atoms with van der Waals surface area (Å²) >= 11 is 2.64. The highest BCUT2D eigenvalue weighted by Crippen LogP contribution is 2.61. The van der Waals surface area contributed by atoms with Gasteiger partial charge in [0, 0.05) is 32.7 Å². The first-order valence-electron chi connectivity index (χ1n) is 7.96. The van der Waals surface area contributed by atoms with Crippen molar-refractivity contribution in [1.29, 1.82) is 0 Å². The maximum absolute atomic E-state index is 15.4. The lowest BCUT2D eigenvalue weighted by molar-refractivity contribution is 0.0241. The van der Waals surface area contributed by atoms with Gasteiger partial charge in [-0.25, -0.2) is 8.78 Å². The van der Waals surface area contributed by atoms with Crippen molar-refractivity contribution in [2.45, 2.75) is 38.0 Å². The van der Waals surface area contributed by atoms with E-state index in [1.165, 1.54) is 22.7 Å². The molecule has 6 atom stereocenters. The van der Waals surface area contributed by atoms with E-state index in [9.17, 15) is 9.59 Å². The summed E-state index contributed by atoms with van der Waals surface area (Å²) in [6.45, 7) is 3.61. The summed E-state index contributed by atoms with van der Waals surface area (Å²) in [7, 11) is 0. The third kappa shape index (κ3) is 1.50. The maximum atomic E-state index is 15.4. The standard InChI is InChI=1S/C18H14F2O2S2/c1-5-3-23-17-7(5)15(21)9-11(17)14(20)10-12(13(9)19)18-8(16(10)22)6(2)4-24-18/h3-4,9-14H,1-2H3. The minimum Gasteiger partial charge on any atom is -0.294 e. The fraction of sp³-hybridized carbons (Fsp3) is 0.444. The van der Waals surface area contributed by atoms with Gasteiger partial charge in [0.2, 0.25) is 0 Å². The van der Waals surface area contributed by atoms with Gasteiger partial charge >= 0.3 is 0 Å². The van der Waals surface area contributed by atoms with Gasteiger partial charge in [-0.05, 0) is 35.7 Å². The lowest BCUT2D eigenvalue weighted by atomic mass is 9.67. The van der Waals surface area contributed by atoms with Crippen molar-refractivity contribution in [1.82, 2.24) is 0 Å². The highest BCUT2D eigenvalue weighted by atomic mass is 32.1. The molecule has 3 aliphatic carbocycles. The number of Topliss-reactive ketones (excluding diaryl/α,β-unsaturated/α-hetero) is 2. The number of fused-ring (bicyclic) bond motifs is 6. The second-order valence-electron chi connectivity index (χ2n) is 7.04. The van der Waals surface area contributed by atoms with Crippen LogP contribution in [0.3, 0.4) is 0 Å². The van der Waals surface area contributed by atoms with Crippen LogP contribution in [0.15, 0.2) is 10.8 Å². The summed E-state index contributed by atoms with van der Waals surface area (Å²) in [5.41, 5.74) is 2.57. The average Bonchev–Trinajstić information content (AvgIpc) is 3.23. The molecule has 6 heteroatoms. The van der Waals surface area contributed by atoms with Crippen LogP contribution in [0.1, 0.15) is 53.4 Å². The monoisotopic (exact) mass is 364 g/mol. The van der Waals surface area contributed by atoms with Crippen LogP contribution in [0.25, 0.3) is 0 Å². The van der Waals surface area contributed by atoms with Crippen LogP contribution in [-0.4, -0.2) is 23.9 Å². The molecular formula is C18H14F2O2S2. The van der Waals surface area contributed by atoms with E-state index in [0.717, 1.165) is 11.1 Å². The fourth-order valence-corrected chi connectivity index (χ4v) is 7.32. The molecule has 0 aliphatic heterocycles. The molecular weight excluding hydrogens is 350 g/mol. The predicted octanol–water partition coefficient (Wildman–Crippen LogP) is 4.61. The molecule has 0 amide bonds. The van der Waals surface area contributed by atoms with E-state index in [-0.39, 0.29) is 11.6 Å². The Morgan fingerprint density at radius 1 is 0.750 bits per heavy atom. The Morgan fingerprint density at radius 3 is 1.50 bits per heavy atom. The number of alkyl halides is 2. The van der Waals surface area contributed by atoms with Gasteiger partial charge in [-0.3, -0.25) is 9.59 Å². The molecule has 0 saturated heterocycles. The number of aryl methyl sites for hydroxylation is 2. The molecule has 124 valence electrons. The van der Waals surface area contributed by atoms with Crippen molar-refractivity contribution in [3.63, 3.8) is 0 Å². The Labute approximate surface area is 145 Å². The first-order valence-corrected chi connectivity index (χ1v) is 9.72. The summed E-state index contributed by atoms with van der Waals surface area (Å²) in [5.74, 6) is -4.14. The van der Waals surface area contributed by atoms with Crippen LogP contribution in [-0.2, 0) is 0 Å². The normalized spacial score (nSPS) is 36.5. The summed E-state index contributed by atoms with van der Waals surface area (Å²) in [5, 5.41) is 3.64. The van der Waals surface area contributed by atoms with Crippen molar-refractivity contribution in [3.05, 3.63) is 42.8 Å². The smallest absolute Gasteiger partial charge is 0.171 e. The first-order chi connectivity index (χ1) is 11.4. The van der Waals surface area contributed by atoms with Crippen LogP contribution >= 0.6 is 22.7 Å². The lowest BCUT2D eigenvalue weighted by Crippen LogP contribution is -2.46. The SMILES string of the molecule is Cc1csc2c1C(=O)C1C(F)C3c4scc(C)c4C(=O)C3C(F)C21. The summed E-state index contributed by atoms with van der Waals surface area (Å²) in [6, 6.07) is 0. The molecule has 0 radical (unpaired) electrons. The number of carbonyl (C=O) groups is 2. The number of carbonyl (C=O) groups excluding carboxylic acids is 2. The highest BCUT2D eigenvalue weighted by molar-refractivity contribution is 7.11. The van der Waals surface area contributed by atoms with Crippen molar-refractivity contribution < 1.29 is 18.4 Å². The number of hydrogen-bond donors (Lipinski definition) is 0. The number of hydrogen-bond acceptors (Lipinski definition) is 4. The molecule has 2 heterocycles. The topological polar surface area (TPSA) is 34.1 Å². The fourth-order valence-electron chi connectivity index (χ4n) is 4.85. The second-order valence-corrected chi connectivity index (χ2v) is 8.86. The molecule has 0 N–H and O–H groups in total. The number of thiophene rings is 2. The van der Waals surface area contributed by atoms with Gasteiger partial charge in [0.1, 0.15) is 12.3 Å². The van der Waals surface area contributed by atoms with E-state index in [0.29, 0.717) is 20.9 Å².